The van der Waals surface area contributed by atoms with E-state index in [1.54, 1.807) is 31.2 Å². The first-order valence-electron chi connectivity index (χ1n) is 6.79. The lowest BCUT2D eigenvalue weighted by molar-refractivity contribution is 0.405. The van der Waals surface area contributed by atoms with Crippen molar-refractivity contribution in [2.75, 3.05) is 7.11 Å². The van der Waals surface area contributed by atoms with Crippen LogP contribution in [0.4, 0.5) is 4.39 Å². The molecule has 2 rings (SSSR count). The van der Waals surface area contributed by atoms with Gasteiger partial charge < -0.3 is 4.74 Å². The number of hydrogen-bond acceptors (Lipinski definition) is 3. The van der Waals surface area contributed by atoms with Crippen molar-refractivity contribution in [3.63, 3.8) is 0 Å². The molecule has 22 heavy (non-hydrogen) atoms. The summed E-state index contributed by atoms with van der Waals surface area (Å²) in [5, 5.41) is 0. The van der Waals surface area contributed by atoms with Gasteiger partial charge in [0.25, 0.3) is 0 Å². The number of halogens is 1. The second-order valence-corrected chi connectivity index (χ2v) is 6.69. The van der Waals surface area contributed by atoms with Crippen molar-refractivity contribution >= 4 is 10.0 Å². The second kappa shape index (κ2) is 6.89. The number of para-hydroxylation sites is 1. The Hall–Kier alpha value is -1.92. The van der Waals surface area contributed by atoms with Crippen molar-refractivity contribution in [1.82, 2.24) is 4.72 Å². The van der Waals surface area contributed by atoms with Crippen molar-refractivity contribution in [2.24, 2.45) is 0 Å². The third-order valence-corrected chi connectivity index (χ3v) is 4.67. The summed E-state index contributed by atoms with van der Waals surface area (Å²) in [5.74, 6) is -0.333. The van der Waals surface area contributed by atoms with Crippen LogP contribution in [-0.2, 0) is 15.8 Å². The van der Waals surface area contributed by atoms with Crippen LogP contribution in [0.15, 0.2) is 48.5 Å². The second-order valence-electron chi connectivity index (χ2n) is 4.93. The Morgan fingerprint density at radius 3 is 2.45 bits per heavy atom. The molecule has 0 amide bonds. The lowest BCUT2D eigenvalue weighted by Gasteiger charge is -2.17. The van der Waals surface area contributed by atoms with E-state index in [1.807, 2.05) is 6.07 Å². The number of sulfonamides is 1. The molecule has 4 nitrogen and oxygen atoms in total. The van der Waals surface area contributed by atoms with Crippen LogP contribution in [0, 0.1) is 5.82 Å². The fraction of sp³-hybridized carbons (Fsp3) is 0.250. The van der Waals surface area contributed by atoms with E-state index in [4.69, 9.17) is 4.74 Å². The van der Waals surface area contributed by atoms with Crippen LogP contribution in [0.5, 0.6) is 5.75 Å². The average molecular weight is 323 g/mol. The van der Waals surface area contributed by atoms with Crippen molar-refractivity contribution in [2.45, 2.75) is 18.7 Å². The van der Waals surface area contributed by atoms with E-state index in [-0.39, 0.29) is 5.56 Å². The highest BCUT2D eigenvalue weighted by molar-refractivity contribution is 7.88. The zero-order chi connectivity index (χ0) is 16.2. The first-order chi connectivity index (χ1) is 10.4. The van der Waals surface area contributed by atoms with E-state index in [0.29, 0.717) is 5.75 Å². The van der Waals surface area contributed by atoms with Gasteiger partial charge in [-0.25, -0.2) is 17.5 Å². The van der Waals surface area contributed by atoms with Crippen LogP contribution in [0.25, 0.3) is 0 Å². The first kappa shape index (κ1) is 16.5. The molecule has 118 valence electrons. The van der Waals surface area contributed by atoms with Gasteiger partial charge in [-0.05, 0) is 19.1 Å². The van der Waals surface area contributed by atoms with Crippen LogP contribution in [0.3, 0.4) is 0 Å². The Morgan fingerprint density at radius 1 is 1.14 bits per heavy atom. The molecule has 0 fully saturated rings. The molecule has 1 N–H and O–H groups in total. The summed E-state index contributed by atoms with van der Waals surface area (Å²) in [6, 6.07) is 12.5. The predicted molar refractivity (Wildman–Crippen MR) is 83.6 cm³/mol. The molecule has 6 heteroatoms. The van der Waals surface area contributed by atoms with E-state index in [9.17, 15) is 12.8 Å². The van der Waals surface area contributed by atoms with Crippen molar-refractivity contribution in [3.8, 4) is 5.75 Å². The fourth-order valence-electron chi connectivity index (χ4n) is 2.22. The molecule has 0 aliphatic heterocycles. The zero-order valence-electron chi connectivity index (χ0n) is 12.4. The maximum absolute atomic E-state index is 13.6. The van der Waals surface area contributed by atoms with Gasteiger partial charge in [-0.15, -0.1) is 0 Å². The maximum atomic E-state index is 13.6. The molecule has 0 bridgehead atoms. The average Bonchev–Trinajstić information content (AvgIpc) is 2.49. The van der Waals surface area contributed by atoms with Crippen molar-refractivity contribution in [1.29, 1.82) is 0 Å². The Bertz CT molecular complexity index is 747. The molecule has 0 saturated carbocycles. The number of hydrogen-bond donors (Lipinski definition) is 1. The van der Waals surface area contributed by atoms with Gasteiger partial charge in [0, 0.05) is 17.2 Å². The summed E-state index contributed by atoms with van der Waals surface area (Å²) in [6.07, 6.45) is 0. The van der Waals surface area contributed by atoms with Crippen molar-refractivity contribution in [3.05, 3.63) is 65.5 Å². The number of rotatable bonds is 6. The summed E-state index contributed by atoms with van der Waals surface area (Å²) in [7, 11) is -2.15. The molecule has 0 aliphatic carbocycles. The third kappa shape index (κ3) is 4.05. The summed E-state index contributed by atoms with van der Waals surface area (Å²) < 4.78 is 45.8. The minimum Gasteiger partial charge on any atom is -0.496 e. The highest BCUT2D eigenvalue weighted by atomic mass is 32.2. The minimum atomic E-state index is -3.68. The van der Waals surface area contributed by atoms with Crippen molar-refractivity contribution < 1.29 is 17.5 Å². The highest BCUT2D eigenvalue weighted by Gasteiger charge is 2.20. The van der Waals surface area contributed by atoms with E-state index in [0.717, 1.165) is 5.56 Å². The largest absolute Gasteiger partial charge is 0.496 e. The lowest BCUT2D eigenvalue weighted by atomic mass is 10.1. The smallest absolute Gasteiger partial charge is 0.216 e. The van der Waals surface area contributed by atoms with Crippen LogP contribution < -0.4 is 9.46 Å². The molecule has 2 aromatic carbocycles. The molecule has 0 aliphatic rings. The van der Waals surface area contributed by atoms with Gasteiger partial charge in [0.15, 0.2) is 0 Å². The van der Waals surface area contributed by atoms with E-state index in [2.05, 4.69) is 4.72 Å². The monoisotopic (exact) mass is 323 g/mol. The summed E-state index contributed by atoms with van der Waals surface area (Å²) in [5.41, 5.74) is 0.865. The van der Waals surface area contributed by atoms with Gasteiger partial charge in [0.05, 0.1) is 12.9 Å². The molecule has 1 atom stereocenters. The van der Waals surface area contributed by atoms with Gasteiger partial charge >= 0.3 is 0 Å². The number of benzene rings is 2. The molecular formula is C16H18FNO3S. The Labute approximate surface area is 130 Å². The summed E-state index contributed by atoms with van der Waals surface area (Å²) in [4.78, 5) is 0. The molecular weight excluding hydrogens is 305 g/mol. The van der Waals surface area contributed by atoms with E-state index < -0.39 is 27.6 Å². The molecule has 0 radical (unpaired) electrons. The quantitative estimate of drug-likeness (QED) is 0.889. The van der Waals surface area contributed by atoms with Gasteiger partial charge in [0.1, 0.15) is 11.6 Å². The SMILES string of the molecule is COc1ccccc1[C@@H](C)NS(=O)(=O)Cc1ccccc1F. The topological polar surface area (TPSA) is 55.4 Å². The Balaban J connectivity index is 2.16. The maximum Gasteiger partial charge on any atom is 0.216 e. The number of methoxy groups -OCH3 is 1. The van der Waals surface area contributed by atoms with Crippen LogP contribution in [0.1, 0.15) is 24.1 Å². The van der Waals surface area contributed by atoms with Crippen LogP contribution >= 0.6 is 0 Å². The third-order valence-electron chi connectivity index (χ3n) is 3.27. The minimum absolute atomic E-state index is 0.141. The predicted octanol–water partition coefficient (Wildman–Crippen LogP) is 3.01. The van der Waals surface area contributed by atoms with E-state index in [1.165, 1.54) is 25.3 Å². The van der Waals surface area contributed by atoms with Gasteiger partial charge in [-0.2, -0.15) is 0 Å². The number of ether oxygens (including phenoxy) is 1. The Morgan fingerprint density at radius 2 is 1.77 bits per heavy atom. The van der Waals surface area contributed by atoms with Gasteiger partial charge in [0.2, 0.25) is 10.0 Å². The van der Waals surface area contributed by atoms with E-state index >= 15 is 0 Å². The fourth-order valence-corrected chi connectivity index (χ4v) is 3.61. The van der Waals surface area contributed by atoms with Crippen LogP contribution in [-0.4, -0.2) is 15.5 Å². The normalized spacial score (nSPS) is 12.9. The molecule has 0 spiro atoms. The molecule has 0 saturated heterocycles. The highest BCUT2D eigenvalue weighted by Crippen LogP contribution is 2.25. The first-order valence-corrected chi connectivity index (χ1v) is 8.44. The van der Waals surface area contributed by atoms with Crippen LogP contribution in [0.2, 0.25) is 0 Å². The molecule has 0 unspecified atom stereocenters. The number of nitrogens with one attached hydrogen (secondary N) is 1. The summed E-state index contributed by atoms with van der Waals surface area (Å²) >= 11 is 0. The Kier molecular flexibility index (Phi) is 5.15. The molecule has 0 heterocycles. The van der Waals surface area contributed by atoms with Gasteiger partial charge in [-0.3, -0.25) is 0 Å². The summed E-state index contributed by atoms with van der Waals surface area (Å²) in [6.45, 7) is 1.72. The molecule has 2 aromatic rings. The molecule has 0 aromatic heterocycles. The van der Waals surface area contributed by atoms with Gasteiger partial charge in [-0.1, -0.05) is 36.4 Å². The standard InChI is InChI=1S/C16H18FNO3S/c1-12(14-8-4-6-10-16(14)21-2)18-22(19,20)11-13-7-3-5-9-15(13)17/h3-10,12,18H,11H2,1-2H3/t12-/m1/s1. The zero-order valence-corrected chi connectivity index (χ0v) is 13.2. The lowest BCUT2D eigenvalue weighted by Crippen LogP contribution is -2.28.